The van der Waals surface area contributed by atoms with Gasteiger partial charge in [0, 0.05) is 6.42 Å². The van der Waals surface area contributed by atoms with Gasteiger partial charge in [-0.05, 0) is 54.5 Å². The fourth-order valence-electron chi connectivity index (χ4n) is 4.15. The minimum atomic E-state index is -1.52. The van der Waals surface area contributed by atoms with Crippen molar-refractivity contribution >= 4 is 25.6 Å². The maximum atomic E-state index is 12.1. The van der Waals surface area contributed by atoms with Gasteiger partial charge >= 0.3 is 8.53 Å². The van der Waals surface area contributed by atoms with Gasteiger partial charge < -0.3 is 19.5 Å². The van der Waals surface area contributed by atoms with E-state index in [4.69, 9.17) is 19.5 Å². The van der Waals surface area contributed by atoms with E-state index in [-0.39, 0.29) is 30.0 Å². The maximum absolute atomic E-state index is 12.1. The van der Waals surface area contributed by atoms with Crippen LogP contribution in [0.4, 0.5) is 5.82 Å². The van der Waals surface area contributed by atoms with Gasteiger partial charge in [-0.2, -0.15) is 5.10 Å². The topological polar surface area (TPSA) is 113 Å². The van der Waals surface area contributed by atoms with Crippen molar-refractivity contribution in [1.82, 2.24) is 19.7 Å². The molecule has 0 bridgehead atoms. The Labute approximate surface area is 213 Å². The Balaban J connectivity index is 1.37. The second-order valence-electron chi connectivity index (χ2n) is 10.1. The van der Waals surface area contributed by atoms with Crippen LogP contribution >= 0.6 is 8.53 Å². The van der Waals surface area contributed by atoms with E-state index >= 15 is 0 Å². The summed E-state index contributed by atoms with van der Waals surface area (Å²) in [5, 5.41) is 7.50. The Hall–Kier alpha value is -2.58. The number of carbonyl (C=O) groups is 1. The average molecular weight is 514 g/mol. The van der Waals surface area contributed by atoms with Crippen molar-refractivity contribution in [2.24, 2.45) is 0 Å². The Kier molecular flexibility index (Phi) is 8.57. The van der Waals surface area contributed by atoms with Crippen molar-refractivity contribution < 1.29 is 18.6 Å². The molecule has 0 aliphatic carbocycles. The van der Waals surface area contributed by atoms with Crippen LogP contribution in [0.25, 0.3) is 5.52 Å². The third-order valence-electron chi connectivity index (χ3n) is 6.17. The van der Waals surface area contributed by atoms with Crippen LogP contribution in [0.2, 0.25) is 0 Å². The van der Waals surface area contributed by atoms with E-state index in [2.05, 4.69) is 48.1 Å². The number of fused-ring (bicyclic) bond motifs is 1. The fraction of sp³-hybridized carbons (Fsp3) is 0.500. The van der Waals surface area contributed by atoms with E-state index < -0.39 is 8.53 Å². The molecule has 2 aromatic heterocycles. The lowest BCUT2D eigenvalue weighted by Crippen LogP contribution is -2.23. The number of aromatic nitrogens is 3. The molecule has 0 saturated carbocycles. The molecule has 36 heavy (non-hydrogen) atoms. The van der Waals surface area contributed by atoms with Crippen LogP contribution in [0.3, 0.4) is 0 Å². The number of hydrogen-bond donors (Lipinski definition) is 2. The van der Waals surface area contributed by atoms with Crippen LogP contribution in [0.5, 0.6) is 5.75 Å². The molecule has 3 aromatic rings. The summed E-state index contributed by atoms with van der Waals surface area (Å²) in [4.78, 5) is 16.2. The number of ether oxygens (including phenoxy) is 1. The monoisotopic (exact) mass is 513 g/mol. The van der Waals surface area contributed by atoms with Crippen molar-refractivity contribution in [1.29, 1.82) is 0 Å². The van der Waals surface area contributed by atoms with Crippen molar-refractivity contribution in [2.75, 3.05) is 18.9 Å². The highest BCUT2D eigenvalue weighted by Gasteiger charge is 2.30. The molecule has 1 saturated heterocycles. The summed E-state index contributed by atoms with van der Waals surface area (Å²) >= 11 is 0. The number of hydrogen-bond acceptors (Lipinski definition) is 8. The molecule has 1 fully saturated rings. The number of Topliss-reactive ketones (excluding diaryl/α,β-unsaturated/α-hetero) is 1. The summed E-state index contributed by atoms with van der Waals surface area (Å²) < 4.78 is 20.3. The van der Waals surface area contributed by atoms with Crippen LogP contribution in [0, 0.1) is 0 Å². The van der Waals surface area contributed by atoms with E-state index in [1.807, 2.05) is 31.2 Å². The molecule has 194 valence electrons. The van der Waals surface area contributed by atoms with Crippen LogP contribution in [0.1, 0.15) is 70.7 Å². The molecule has 0 amide bonds. The highest BCUT2D eigenvalue weighted by atomic mass is 31.2. The average Bonchev–Trinajstić information content (AvgIpc) is 3.48. The summed E-state index contributed by atoms with van der Waals surface area (Å²) in [6.07, 6.45) is 4.29. The number of nitrogen functional groups attached to an aromatic ring is 1. The molecule has 9 nitrogen and oxygen atoms in total. The summed E-state index contributed by atoms with van der Waals surface area (Å²) in [5.41, 5.74) is 8.96. The van der Waals surface area contributed by atoms with Crippen molar-refractivity contribution in [2.45, 2.75) is 71.0 Å². The molecule has 3 heterocycles. The maximum Gasteiger partial charge on any atom is 0.318 e. The van der Waals surface area contributed by atoms with Crippen LogP contribution in [-0.4, -0.2) is 39.6 Å². The highest BCUT2D eigenvalue weighted by Crippen LogP contribution is 2.39. The quantitative estimate of drug-likeness (QED) is 0.340. The predicted octanol–water partition coefficient (Wildman–Crippen LogP) is 5.11. The van der Waals surface area contributed by atoms with Gasteiger partial charge in [0.15, 0.2) is 5.82 Å². The molecule has 1 aliphatic rings. The molecule has 10 heteroatoms. The molecule has 4 rings (SSSR count). The fourth-order valence-corrected chi connectivity index (χ4v) is 5.28. The standard InChI is InChI=1S/C26H36N5O4P/c1-5-6-19(32)15-30-36(35-20-9-7-18(8-10-20)26(2,3)4)33-16-21-11-14-24(34-21)22-12-13-23-25(27)28-17-29-31(22)23/h7-10,12-13,17,21,24,30H,5-6,11,14-16H2,1-4H3,(H2,27,28,29). The first-order chi connectivity index (χ1) is 17.2. The molecule has 0 spiro atoms. The first-order valence-corrected chi connectivity index (χ1v) is 13.6. The first kappa shape index (κ1) is 26.5. The molecule has 0 radical (unpaired) electrons. The largest absolute Gasteiger partial charge is 0.436 e. The Morgan fingerprint density at radius 1 is 1.22 bits per heavy atom. The zero-order chi connectivity index (χ0) is 25.7. The van der Waals surface area contributed by atoms with Gasteiger partial charge in [-0.25, -0.2) is 14.6 Å². The van der Waals surface area contributed by atoms with Gasteiger partial charge in [0.1, 0.15) is 29.5 Å². The van der Waals surface area contributed by atoms with Crippen molar-refractivity contribution in [3.8, 4) is 5.75 Å². The van der Waals surface area contributed by atoms with Crippen molar-refractivity contribution in [3.63, 3.8) is 0 Å². The van der Waals surface area contributed by atoms with Crippen LogP contribution in [-0.2, 0) is 19.5 Å². The Morgan fingerprint density at radius 3 is 2.72 bits per heavy atom. The zero-order valence-electron chi connectivity index (χ0n) is 21.4. The second-order valence-corrected chi connectivity index (χ2v) is 11.3. The highest BCUT2D eigenvalue weighted by molar-refractivity contribution is 7.45. The van der Waals surface area contributed by atoms with Gasteiger partial charge in [-0.15, -0.1) is 0 Å². The number of rotatable bonds is 11. The number of nitrogens with two attached hydrogens (primary N) is 1. The summed E-state index contributed by atoms with van der Waals surface area (Å²) in [5.74, 6) is 1.28. The van der Waals surface area contributed by atoms with Gasteiger partial charge in [0.25, 0.3) is 0 Å². The lowest BCUT2D eigenvalue weighted by atomic mass is 9.87. The van der Waals surface area contributed by atoms with E-state index in [9.17, 15) is 4.79 Å². The van der Waals surface area contributed by atoms with Crippen LogP contribution < -0.4 is 15.3 Å². The Bertz CT molecular complexity index is 1160. The van der Waals surface area contributed by atoms with Gasteiger partial charge in [-0.1, -0.05) is 39.8 Å². The predicted molar refractivity (Wildman–Crippen MR) is 141 cm³/mol. The van der Waals surface area contributed by atoms with E-state index in [1.165, 1.54) is 11.9 Å². The van der Waals surface area contributed by atoms with Gasteiger partial charge in [0.2, 0.25) is 0 Å². The number of nitrogens with zero attached hydrogens (tertiary/aromatic N) is 3. The Morgan fingerprint density at radius 2 is 2.00 bits per heavy atom. The molecule has 1 aliphatic heterocycles. The molecule has 3 atom stereocenters. The van der Waals surface area contributed by atoms with Crippen LogP contribution in [0.15, 0.2) is 42.7 Å². The lowest BCUT2D eigenvalue weighted by molar-refractivity contribution is -0.118. The molecular weight excluding hydrogens is 477 g/mol. The van der Waals surface area contributed by atoms with Crippen molar-refractivity contribution in [3.05, 3.63) is 54.0 Å². The van der Waals surface area contributed by atoms with Gasteiger partial charge in [-0.3, -0.25) is 4.79 Å². The smallest absolute Gasteiger partial charge is 0.318 e. The third kappa shape index (κ3) is 6.59. The lowest BCUT2D eigenvalue weighted by Gasteiger charge is -2.22. The number of nitrogens with one attached hydrogen (secondary N) is 1. The summed E-state index contributed by atoms with van der Waals surface area (Å²) in [6.45, 7) is 9.09. The normalized spacial score (nSPS) is 19.0. The second kappa shape index (κ2) is 11.6. The summed E-state index contributed by atoms with van der Waals surface area (Å²) in [6, 6.07) is 11.9. The zero-order valence-corrected chi connectivity index (χ0v) is 22.3. The number of benzene rings is 1. The molecular formula is C26H36N5O4P. The number of anilines is 1. The third-order valence-corrected chi connectivity index (χ3v) is 7.35. The van der Waals surface area contributed by atoms with E-state index in [1.54, 1.807) is 4.52 Å². The minimum Gasteiger partial charge on any atom is -0.436 e. The SMILES string of the molecule is CCCC(=O)CNP(OCC1CCC(c2ccc3c(N)ncnn23)O1)Oc1ccc(C(C)(C)C)cc1. The summed E-state index contributed by atoms with van der Waals surface area (Å²) in [7, 11) is -1.52. The van der Waals surface area contributed by atoms with Gasteiger partial charge in [0.05, 0.1) is 24.9 Å². The first-order valence-electron chi connectivity index (χ1n) is 12.4. The molecule has 3 unspecified atom stereocenters. The number of carbonyl (C=O) groups excluding carboxylic acids is 1. The number of ketones is 1. The molecule has 3 N–H and O–H groups in total. The minimum absolute atomic E-state index is 0.0595. The van der Waals surface area contributed by atoms with E-state index in [0.29, 0.717) is 24.6 Å². The van der Waals surface area contributed by atoms with E-state index in [0.717, 1.165) is 30.5 Å². The molecule has 1 aromatic carbocycles.